The van der Waals surface area contributed by atoms with Crippen molar-refractivity contribution in [2.45, 2.75) is 60.3 Å². The van der Waals surface area contributed by atoms with E-state index >= 15 is 0 Å². The van der Waals surface area contributed by atoms with Crippen LogP contribution in [0.4, 0.5) is 11.4 Å². The van der Waals surface area contributed by atoms with Gasteiger partial charge in [0, 0.05) is 76.3 Å². The molecule has 1 aromatic rings. The number of benzene rings is 1. The highest BCUT2D eigenvalue weighted by atomic mass is 16.5. The lowest BCUT2D eigenvalue weighted by Crippen LogP contribution is -2.48. The zero-order valence-corrected chi connectivity index (χ0v) is 24.7. The maximum absolute atomic E-state index is 6.32. The number of rotatable bonds is 7. The van der Waals surface area contributed by atoms with Crippen LogP contribution in [0.15, 0.2) is 18.2 Å². The van der Waals surface area contributed by atoms with E-state index in [0.717, 1.165) is 83.8 Å². The van der Waals surface area contributed by atoms with E-state index in [1.54, 1.807) is 0 Å². The molecule has 1 aromatic carbocycles. The van der Waals surface area contributed by atoms with Gasteiger partial charge >= 0.3 is 0 Å². The van der Waals surface area contributed by atoms with Crippen molar-refractivity contribution in [1.82, 2.24) is 4.90 Å². The normalized spacial score (nSPS) is 24.8. The van der Waals surface area contributed by atoms with Gasteiger partial charge in [0.2, 0.25) is 0 Å². The van der Waals surface area contributed by atoms with Gasteiger partial charge in [0.1, 0.15) is 5.75 Å². The van der Waals surface area contributed by atoms with Crippen LogP contribution in [-0.4, -0.2) is 83.7 Å². The van der Waals surface area contributed by atoms with Crippen molar-refractivity contribution >= 4 is 16.9 Å². The van der Waals surface area contributed by atoms with E-state index in [2.05, 4.69) is 67.5 Å². The largest absolute Gasteiger partial charge is 0.492 e. The minimum Gasteiger partial charge on any atom is -0.492 e. The van der Waals surface area contributed by atoms with Gasteiger partial charge < -0.3 is 24.0 Å². The van der Waals surface area contributed by atoms with Crippen LogP contribution in [0.3, 0.4) is 0 Å². The van der Waals surface area contributed by atoms with Crippen LogP contribution in [-0.2, 0) is 9.47 Å². The molecule has 212 valence electrons. The van der Waals surface area contributed by atoms with Gasteiger partial charge in [-0.15, -0.1) is 0 Å². The molecule has 0 spiro atoms. The molecule has 0 N–H and O–H groups in total. The number of nitrogens with zero attached hydrogens (tertiary/aromatic N) is 3. The summed E-state index contributed by atoms with van der Waals surface area (Å²) in [6, 6.07) is 4.83. The van der Waals surface area contributed by atoms with E-state index < -0.39 is 0 Å². The third-order valence-electron chi connectivity index (χ3n) is 8.81. The Morgan fingerprint density at radius 2 is 1.50 bits per heavy atom. The third kappa shape index (κ3) is 6.68. The first-order chi connectivity index (χ1) is 18.2. The van der Waals surface area contributed by atoms with Gasteiger partial charge in [-0.05, 0) is 61.0 Å². The average molecular weight is 526 g/mol. The van der Waals surface area contributed by atoms with Crippen LogP contribution in [0.5, 0.6) is 5.75 Å². The summed E-state index contributed by atoms with van der Waals surface area (Å²) in [4.78, 5) is 7.79. The minimum atomic E-state index is 0.189. The summed E-state index contributed by atoms with van der Waals surface area (Å²) in [5, 5.41) is 0. The lowest BCUT2D eigenvalue weighted by molar-refractivity contribution is 0.0517. The Morgan fingerprint density at radius 3 is 2.16 bits per heavy atom. The predicted molar refractivity (Wildman–Crippen MR) is 158 cm³/mol. The molecule has 3 heterocycles. The SMILES string of the molecule is CCOc1cc(N2CCN(CC3CCOCC3)CC2)c(C2=CC(C)(C)CC(C)(C)C2)cc1N1CCOCC1. The summed E-state index contributed by atoms with van der Waals surface area (Å²) in [5.74, 6) is 1.81. The van der Waals surface area contributed by atoms with E-state index in [0.29, 0.717) is 6.61 Å². The number of morpholine rings is 1. The van der Waals surface area contributed by atoms with Gasteiger partial charge in [-0.25, -0.2) is 0 Å². The molecule has 3 aliphatic heterocycles. The Bertz CT molecular complexity index is 968. The number of hydrogen-bond acceptors (Lipinski definition) is 6. The highest BCUT2D eigenvalue weighted by molar-refractivity contribution is 5.84. The molecule has 0 radical (unpaired) electrons. The van der Waals surface area contributed by atoms with Crippen LogP contribution >= 0.6 is 0 Å². The fraction of sp³-hybridized carbons (Fsp3) is 0.750. The lowest BCUT2D eigenvalue weighted by Gasteiger charge is -2.42. The van der Waals surface area contributed by atoms with Crippen LogP contribution in [0.1, 0.15) is 65.9 Å². The lowest BCUT2D eigenvalue weighted by atomic mass is 9.65. The first kappa shape index (κ1) is 27.8. The van der Waals surface area contributed by atoms with Gasteiger partial charge in [0.15, 0.2) is 0 Å². The molecule has 0 amide bonds. The Hall–Kier alpha value is -1.76. The molecule has 0 aromatic heterocycles. The zero-order valence-electron chi connectivity index (χ0n) is 24.7. The van der Waals surface area contributed by atoms with Crippen LogP contribution < -0.4 is 14.5 Å². The predicted octanol–water partition coefficient (Wildman–Crippen LogP) is 5.70. The first-order valence-corrected chi connectivity index (χ1v) is 15.1. The van der Waals surface area contributed by atoms with E-state index in [9.17, 15) is 0 Å². The second-order valence-corrected chi connectivity index (χ2v) is 13.4. The number of allylic oxidation sites excluding steroid dienone is 2. The second-order valence-electron chi connectivity index (χ2n) is 13.4. The number of ether oxygens (including phenoxy) is 3. The molecule has 0 atom stereocenters. The average Bonchev–Trinajstić information content (AvgIpc) is 2.88. The molecule has 3 saturated heterocycles. The van der Waals surface area contributed by atoms with Crippen molar-refractivity contribution in [1.29, 1.82) is 0 Å². The molecule has 6 heteroatoms. The fourth-order valence-corrected chi connectivity index (χ4v) is 7.42. The Kier molecular flexibility index (Phi) is 8.61. The summed E-state index contributed by atoms with van der Waals surface area (Å²) in [7, 11) is 0. The summed E-state index contributed by atoms with van der Waals surface area (Å²) >= 11 is 0. The quantitative estimate of drug-likeness (QED) is 0.455. The Morgan fingerprint density at radius 1 is 0.842 bits per heavy atom. The molecule has 0 saturated carbocycles. The van der Waals surface area contributed by atoms with Crippen LogP contribution in [0.2, 0.25) is 0 Å². The molecule has 0 bridgehead atoms. The highest BCUT2D eigenvalue weighted by Crippen LogP contribution is 2.50. The maximum Gasteiger partial charge on any atom is 0.144 e. The molecule has 6 nitrogen and oxygen atoms in total. The molecule has 1 aliphatic carbocycles. The van der Waals surface area contributed by atoms with Gasteiger partial charge in [0.25, 0.3) is 0 Å². The number of piperazine rings is 1. The van der Waals surface area contributed by atoms with E-state index in [4.69, 9.17) is 14.2 Å². The molecular formula is C32H51N3O3. The van der Waals surface area contributed by atoms with E-state index in [1.807, 2.05) is 0 Å². The minimum absolute atomic E-state index is 0.189. The molecular weight excluding hydrogens is 474 g/mol. The number of anilines is 2. The summed E-state index contributed by atoms with van der Waals surface area (Å²) in [5.41, 5.74) is 5.97. The van der Waals surface area contributed by atoms with Crippen molar-refractivity contribution in [2.24, 2.45) is 16.7 Å². The second kappa shape index (κ2) is 11.8. The highest BCUT2D eigenvalue weighted by Gasteiger charge is 2.35. The van der Waals surface area contributed by atoms with Crippen molar-refractivity contribution in [3.8, 4) is 5.75 Å². The third-order valence-corrected chi connectivity index (χ3v) is 8.81. The van der Waals surface area contributed by atoms with E-state index in [-0.39, 0.29) is 10.8 Å². The molecule has 4 aliphatic rings. The first-order valence-electron chi connectivity index (χ1n) is 15.1. The Labute approximate surface area is 231 Å². The molecule has 3 fully saturated rings. The zero-order chi connectivity index (χ0) is 26.8. The van der Waals surface area contributed by atoms with Gasteiger partial charge in [-0.2, -0.15) is 0 Å². The summed E-state index contributed by atoms with van der Waals surface area (Å²) in [6.45, 7) is 23.3. The standard InChI is InChI=1S/C32H51N3O3/c1-6-38-30-20-28(34-11-9-33(10-12-34)23-25-7-15-36-16-8-25)27(19-29(30)35-13-17-37-18-14-35)26-21-31(2,3)24-32(4,5)22-26/h19-21,25H,6-18,22-24H2,1-5H3. The van der Waals surface area contributed by atoms with E-state index in [1.165, 1.54) is 48.3 Å². The van der Waals surface area contributed by atoms with Gasteiger partial charge in [0.05, 0.1) is 25.5 Å². The molecule has 38 heavy (non-hydrogen) atoms. The Balaban J connectivity index is 1.46. The van der Waals surface area contributed by atoms with Crippen molar-refractivity contribution in [3.63, 3.8) is 0 Å². The van der Waals surface area contributed by atoms with Crippen LogP contribution in [0, 0.1) is 16.7 Å². The maximum atomic E-state index is 6.32. The van der Waals surface area contributed by atoms with Crippen molar-refractivity contribution < 1.29 is 14.2 Å². The number of hydrogen-bond donors (Lipinski definition) is 0. The molecule has 0 unspecified atom stereocenters. The van der Waals surface area contributed by atoms with Gasteiger partial charge in [-0.1, -0.05) is 33.8 Å². The smallest absolute Gasteiger partial charge is 0.144 e. The summed E-state index contributed by atoms with van der Waals surface area (Å²) < 4.78 is 17.6. The monoisotopic (exact) mass is 525 g/mol. The van der Waals surface area contributed by atoms with Crippen LogP contribution in [0.25, 0.3) is 5.57 Å². The summed E-state index contributed by atoms with van der Waals surface area (Å²) in [6.07, 6.45) is 7.33. The van der Waals surface area contributed by atoms with Crippen molar-refractivity contribution in [3.05, 3.63) is 23.8 Å². The molecule has 5 rings (SSSR count). The fourth-order valence-electron chi connectivity index (χ4n) is 7.42. The van der Waals surface area contributed by atoms with Gasteiger partial charge in [-0.3, -0.25) is 4.90 Å². The van der Waals surface area contributed by atoms with Crippen molar-refractivity contribution in [2.75, 3.05) is 88.6 Å². The topological polar surface area (TPSA) is 37.4 Å².